The molecule has 6 rings (SSSR count). The highest BCUT2D eigenvalue weighted by Gasteiger charge is 2.40. The van der Waals surface area contributed by atoms with Crippen LogP contribution in [0.25, 0.3) is 17.2 Å². The van der Waals surface area contributed by atoms with Crippen LogP contribution in [-0.2, 0) is 19.1 Å². The number of imide groups is 1. The summed E-state index contributed by atoms with van der Waals surface area (Å²) < 4.78 is 4.71. The molecule has 1 fully saturated rings. The molecule has 0 bridgehead atoms. The molecule has 1 saturated heterocycles. The number of hydrogen-bond donors (Lipinski definition) is 2. The molecule has 4 amide bonds. The number of nitrogens with zero attached hydrogens (tertiary/aromatic N) is 1. The van der Waals surface area contributed by atoms with Crippen molar-refractivity contribution >= 4 is 58.8 Å². The van der Waals surface area contributed by atoms with Crippen LogP contribution in [0.15, 0.2) is 144 Å². The van der Waals surface area contributed by atoms with Crippen molar-refractivity contribution in [3.63, 3.8) is 0 Å². The fraction of sp³-hybridized carbons (Fsp3) is 0.0750. The van der Waals surface area contributed by atoms with Crippen molar-refractivity contribution in [2.75, 3.05) is 17.3 Å². The molecular weight excluding hydrogens is 651 g/mol. The molecule has 0 spiro atoms. The van der Waals surface area contributed by atoms with Crippen LogP contribution >= 0.6 is 11.8 Å². The number of ether oxygens (including phenoxy) is 1. The van der Waals surface area contributed by atoms with Gasteiger partial charge in [0.1, 0.15) is 5.70 Å². The molecule has 5 aromatic rings. The largest absolute Gasteiger partial charge is 0.465 e. The first-order valence-corrected chi connectivity index (χ1v) is 16.5. The second-order valence-electron chi connectivity index (χ2n) is 11.3. The molecule has 1 aliphatic heterocycles. The van der Waals surface area contributed by atoms with Crippen LogP contribution in [-0.4, -0.2) is 42.0 Å². The summed E-state index contributed by atoms with van der Waals surface area (Å²) in [5.41, 5.74) is 4.43. The van der Waals surface area contributed by atoms with Crippen LogP contribution < -0.4 is 15.5 Å². The van der Waals surface area contributed by atoms with Crippen molar-refractivity contribution in [2.24, 2.45) is 0 Å². The lowest BCUT2D eigenvalue weighted by Crippen LogP contribution is -2.31. The Morgan fingerprint density at radius 1 is 0.740 bits per heavy atom. The Hall–Kier alpha value is -6.26. The monoisotopic (exact) mass is 681 g/mol. The van der Waals surface area contributed by atoms with Crippen molar-refractivity contribution in [3.8, 4) is 11.1 Å². The molecule has 1 heterocycles. The van der Waals surface area contributed by atoms with Crippen LogP contribution in [0.1, 0.15) is 32.7 Å². The SMILES string of the molecule is COC(=O)c1ccc(N2C(=O)CC(Sc3ccc(NC(=O)/C(=C/c4ccc(-c5ccccc5)cc4)NC(=O)c4ccccc4)cc3)C2=O)cc1. The predicted molar refractivity (Wildman–Crippen MR) is 193 cm³/mol. The molecule has 0 saturated carbocycles. The van der Waals surface area contributed by atoms with Crippen LogP contribution in [0.4, 0.5) is 11.4 Å². The Kier molecular flexibility index (Phi) is 10.3. The van der Waals surface area contributed by atoms with Gasteiger partial charge in [-0.3, -0.25) is 19.2 Å². The minimum absolute atomic E-state index is 0.0162. The zero-order chi connectivity index (χ0) is 35.0. The van der Waals surface area contributed by atoms with Crippen molar-refractivity contribution < 1.29 is 28.7 Å². The summed E-state index contributed by atoms with van der Waals surface area (Å²) >= 11 is 1.25. The highest BCUT2D eigenvalue weighted by atomic mass is 32.2. The van der Waals surface area contributed by atoms with Gasteiger partial charge in [-0.2, -0.15) is 0 Å². The van der Waals surface area contributed by atoms with Gasteiger partial charge in [0.05, 0.1) is 23.6 Å². The van der Waals surface area contributed by atoms with Gasteiger partial charge in [0, 0.05) is 22.6 Å². The maximum atomic E-state index is 13.5. The maximum absolute atomic E-state index is 13.5. The molecule has 1 unspecified atom stereocenters. The highest BCUT2D eigenvalue weighted by molar-refractivity contribution is 8.00. The number of amides is 4. The topological polar surface area (TPSA) is 122 Å². The first kappa shape index (κ1) is 33.6. The fourth-order valence-corrected chi connectivity index (χ4v) is 6.38. The van der Waals surface area contributed by atoms with Crippen molar-refractivity contribution in [2.45, 2.75) is 16.6 Å². The van der Waals surface area contributed by atoms with E-state index in [2.05, 4.69) is 10.6 Å². The van der Waals surface area contributed by atoms with E-state index in [1.807, 2.05) is 54.6 Å². The zero-order valence-electron chi connectivity index (χ0n) is 26.9. The lowest BCUT2D eigenvalue weighted by atomic mass is 10.0. The Morgan fingerprint density at radius 2 is 1.36 bits per heavy atom. The predicted octanol–water partition coefficient (Wildman–Crippen LogP) is 6.97. The third-order valence-electron chi connectivity index (χ3n) is 7.90. The van der Waals surface area contributed by atoms with E-state index >= 15 is 0 Å². The Balaban J connectivity index is 1.14. The number of nitrogens with one attached hydrogen (secondary N) is 2. The molecule has 2 N–H and O–H groups in total. The molecular formula is C40H31N3O6S. The number of hydrogen-bond acceptors (Lipinski definition) is 7. The van der Waals surface area contributed by atoms with Crippen LogP contribution in [0.2, 0.25) is 0 Å². The van der Waals surface area contributed by atoms with Gasteiger partial charge in [0.15, 0.2) is 0 Å². The molecule has 1 aliphatic rings. The van der Waals surface area contributed by atoms with Gasteiger partial charge in [-0.1, -0.05) is 72.8 Å². The number of methoxy groups -OCH3 is 1. The summed E-state index contributed by atoms with van der Waals surface area (Å²) in [6, 6.07) is 39.2. The molecule has 10 heteroatoms. The van der Waals surface area contributed by atoms with Gasteiger partial charge < -0.3 is 15.4 Å². The molecule has 0 radical (unpaired) electrons. The molecule has 0 aromatic heterocycles. The van der Waals surface area contributed by atoms with Gasteiger partial charge in [-0.25, -0.2) is 9.69 Å². The van der Waals surface area contributed by atoms with Crippen LogP contribution in [0.5, 0.6) is 0 Å². The average Bonchev–Trinajstić information content (AvgIpc) is 3.44. The van der Waals surface area contributed by atoms with Crippen LogP contribution in [0, 0.1) is 0 Å². The second kappa shape index (κ2) is 15.3. The third kappa shape index (κ3) is 7.88. The van der Waals surface area contributed by atoms with E-state index in [1.165, 1.54) is 43.1 Å². The highest BCUT2D eigenvalue weighted by Crippen LogP contribution is 2.34. The second-order valence-corrected chi connectivity index (χ2v) is 12.5. The molecule has 0 aliphatic carbocycles. The summed E-state index contributed by atoms with van der Waals surface area (Å²) in [5, 5.41) is 4.96. The number of anilines is 2. The number of carbonyl (C=O) groups is 5. The van der Waals surface area contributed by atoms with Gasteiger partial charge in [0.25, 0.3) is 11.8 Å². The van der Waals surface area contributed by atoms with Crippen LogP contribution in [0.3, 0.4) is 0 Å². The number of carbonyl (C=O) groups excluding carboxylic acids is 5. The number of benzene rings is 5. The molecule has 1 atom stereocenters. The lowest BCUT2D eigenvalue weighted by Gasteiger charge is -2.15. The summed E-state index contributed by atoms with van der Waals surface area (Å²) in [7, 11) is 1.28. The quantitative estimate of drug-likeness (QED) is 0.0928. The van der Waals surface area contributed by atoms with Gasteiger partial charge in [0.2, 0.25) is 11.8 Å². The van der Waals surface area contributed by atoms with E-state index < -0.39 is 23.0 Å². The molecule has 50 heavy (non-hydrogen) atoms. The Labute approximate surface area is 293 Å². The number of esters is 1. The van der Waals surface area contributed by atoms with E-state index in [-0.39, 0.29) is 23.9 Å². The van der Waals surface area contributed by atoms with Crippen molar-refractivity contribution in [1.29, 1.82) is 0 Å². The minimum atomic E-state index is -0.640. The number of rotatable bonds is 10. The summed E-state index contributed by atoms with van der Waals surface area (Å²) in [4.78, 5) is 66.2. The summed E-state index contributed by atoms with van der Waals surface area (Å²) in [6.07, 6.45) is 1.63. The van der Waals surface area contributed by atoms with Crippen molar-refractivity contribution in [1.82, 2.24) is 5.32 Å². The van der Waals surface area contributed by atoms with E-state index in [0.717, 1.165) is 26.5 Å². The van der Waals surface area contributed by atoms with E-state index in [1.54, 1.807) is 60.7 Å². The summed E-state index contributed by atoms with van der Waals surface area (Å²) in [6.45, 7) is 0. The van der Waals surface area contributed by atoms with Crippen molar-refractivity contribution in [3.05, 3.63) is 156 Å². The molecule has 248 valence electrons. The average molecular weight is 682 g/mol. The van der Waals surface area contributed by atoms with E-state index in [0.29, 0.717) is 22.5 Å². The smallest absolute Gasteiger partial charge is 0.337 e. The summed E-state index contributed by atoms with van der Waals surface area (Å²) in [5.74, 6) is -2.16. The van der Waals surface area contributed by atoms with Gasteiger partial charge >= 0.3 is 5.97 Å². The Morgan fingerprint density at radius 3 is 2.00 bits per heavy atom. The fourth-order valence-electron chi connectivity index (χ4n) is 5.32. The lowest BCUT2D eigenvalue weighted by molar-refractivity contribution is -0.121. The standard InChI is InChI=1S/C40H31N3O6S/c1-49-40(48)30-16-20-32(21-17-30)43-36(44)25-35(39(43)47)50-33-22-18-31(19-23-33)41-38(46)34(42-37(45)29-10-6-3-7-11-29)24-26-12-14-28(15-13-26)27-8-4-2-5-9-27/h2-24,35H,25H2,1H3,(H,41,46)(H,42,45)/b34-24-. The van der Waals surface area contributed by atoms with E-state index in [4.69, 9.17) is 4.74 Å². The molecule has 5 aromatic carbocycles. The van der Waals surface area contributed by atoms with E-state index in [9.17, 15) is 24.0 Å². The first-order chi connectivity index (χ1) is 24.3. The zero-order valence-corrected chi connectivity index (χ0v) is 27.7. The van der Waals surface area contributed by atoms with Gasteiger partial charge in [-0.05, 0) is 83.4 Å². The third-order valence-corrected chi connectivity index (χ3v) is 9.10. The number of thioether (sulfide) groups is 1. The normalized spacial score (nSPS) is 14.3. The minimum Gasteiger partial charge on any atom is -0.465 e. The maximum Gasteiger partial charge on any atom is 0.337 e. The van der Waals surface area contributed by atoms with Gasteiger partial charge in [-0.15, -0.1) is 11.8 Å². The molecule has 9 nitrogen and oxygen atoms in total. The first-order valence-electron chi connectivity index (χ1n) is 15.7. The Bertz CT molecular complexity index is 2060.